The van der Waals surface area contributed by atoms with Crippen molar-refractivity contribution in [3.8, 4) is 0 Å². The van der Waals surface area contributed by atoms with Gasteiger partial charge in [-0.25, -0.2) is 0 Å². The maximum atomic E-state index is 4.01. The number of rotatable bonds is 6. The van der Waals surface area contributed by atoms with Crippen LogP contribution in [0.5, 0.6) is 0 Å². The van der Waals surface area contributed by atoms with Crippen LogP contribution in [0.25, 0.3) is 0 Å². The summed E-state index contributed by atoms with van der Waals surface area (Å²) in [6.07, 6.45) is 16.1. The van der Waals surface area contributed by atoms with E-state index >= 15 is 0 Å². The predicted molar refractivity (Wildman–Crippen MR) is 73.9 cm³/mol. The van der Waals surface area contributed by atoms with Gasteiger partial charge in [0, 0.05) is 26.9 Å². The van der Waals surface area contributed by atoms with Crippen LogP contribution in [0.1, 0.15) is 13.8 Å². The molecule has 0 aliphatic carbocycles. The van der Waals surface area contributed by atoms with E-state index in [1.165, 1.54) is 5.57 Å². The fraction of sp³-hybridized carbons (Fsp3) is 0.357. The minimum atomic E-state index is 0.877. The molecule has 2 nitrogen and oxygen atoms in total. The Morgan fingerprint density at radius 1 is 1.12 bits per heavy atom. The second kappa shape index (κ2) is 9.97. The molecule has 0 unspecified atom stereocenters. The lowest BCUT2D eigenvalue weighted by molar-refractivity contribution is 0.504. The van der Waals surface area contributed by atoms with Crippen molar-refractivity contribution >= 4 is 6.21 Å². The Hall–Kier alpha value is -1.57. The lowest BCUT2D eigenvalue weighted by Crippen LogP contribution is -2.14. The normalized spacial score (nSPS) is 13.9. The van der Waals surface area contributed by atoms with Gasteiger partial charge in [0.1, 0.15) is 0 Å². The van der Waals surface area contributed by atoms with E-state index in [0.29, 0.717) is 0 Å². The molecule has 0 aliphatic heterocycles. The molecule has 0 saturated carbocycles. The van der Waals surface area contributed by atoms with Gasteiger partial charge in [-0.3, -0.25) is 4.99 Å². The molecule has 0 amide bonds. The summed E-state index contributed by atoms with van der Waals surface area (Å²) in [6, 6.07) is 0. The molecule has 0 N–H and O–H groups in total. The van der Waals surface area contributed by atoms with Crippen LogP contribution in [0.3, 0.4) is 0 Å². The van der Waals surface area contributed by atoms with Gasteiger partial charge in [0.15, 0.2) is 0 Å². The van der Waals surface area contributed by atoms with Crippen molar-refractivity contribution in [2.24, 2.45) is 4.99 Å². The Bertz CT molecular complexity index is 307. The molecular formula is C14H22N2. The van der Waals surface area contributed by atoms with E-state index in [4.69, 9.17) is 0 Å². The summed E-state index contributed by atoms with van der Waals surface area (Å²) in [5.74, 6) is 0. The van der Waals surface area contributed by atoms with Crippen molar-refractivity contribution in [2.75, 3.05) is 20.6 Å². The average Bonchev–Trinajstić information content (AvgIpc) is 2.28. The molecule has 0 saturated heterocycles. The molecule has 0 bridgehead atoms. The molecule has 0 aromatic heterocycles. The lowest BCUT2D eigenvalue weighted by atomic mass is 10.2. The first-order valence-electron chi connectivity index (χ1n) is 5.48. The van der Waals surface area contributed by atoms with E-state index in [1.807, 2.05) is 63.7 Å². The number of aliphatic imine (C=N–C) groups is 1. The summed E-state index contributed by atoms with van der Waals surface area (Å²) < 4.78 is 0. The standard InChI is InChI=1S/C14H22N2/c1-5-7-8-9-10-11-16(4)13-14(6-2)12-15-3/h5-12H,13H2,1-4H3/b7-5+,9-8-,11-10-,14-6+,15-12?. The van der Waals surface area contributed by atoms with Gasteiger partial charge in [-0.1, -0.05) is 30.4 Å². The molecule has 0 aromatic carbocycles. The highest BCUT2D eigenvalue weighted by Gasteiger charge is 1.93. The lowest BCUT2D eigenvalue weighted by Gasteiger charge is -2.13. The maximum Gasteiger partial charge on any atom is 0.0432 e. The van der Waals surface area contributed by atoms with E-state index in [0.717, 1.165) is 6.54 Å². The monoisotopic (exact) mass is 218 g/mol. The van der Waals surface area contributed by atoms with Gasteiger partial charge < -0.3 is 4.90 Å². The fourth-order valence-electron chi connectivity index (χ4n) is 1.15. The van der Waals surface area contributed by atoms with Crippen LogP contribution in [0.4, 0.5) is 0 Å². The number of hydrogen-bond acceptors (Lipinski definition) is 2. The molecular weight excluding hydrogens is 196 g/mol. The van der Waals surface area contributed by atoms with E-state index in [2.05, 4.69) is 16.0 Å². The molecule has 0 spiro atoms. The Kier molecular flexibility index (Phi) is 8.99. The van der Waals surface area contributed by atoms with Crippen molar-refractivity contribution in [1.82, 2.24) is 4.90 Å². The van der Waals surface area contributed by atoms with Gasteiger partial charge >= 0.3 is 0 Å². The van der Waals surface area contributed by atoms with Gasteiger partial charge in [0.05, 0.1) is 0 Å². The van der Waals surface area contributed by atoms with Crippen LogP contribution in [-0.4, -0.2) is 31.8 Å². The van der Waals surface area contributed by atoms with Crippen LogP contribution < -0.4 is 0 Å². The molecule has 0 atom stereocenters. The predicted octanol–water partition coefficient (Wildman–Crippen LogP) is 3.21. The third-order valence-electron chi connectivity index (χ3n) is 1.96. The Balaban J connectivity index is 4.11. The van der Waals surface area contributed by atoms with Gasteiger partial charge in [0.25, 0.3) is 0 Å². The SMILES string of the molecule is C/C=C(\C=NC)CN(C)\C=C/C=C\C=C\C. The van der Waals surface area contributed by atoms with Crippen LogP contribution in [0.15, 0.2) is 53.2 Å². The topological polar surface area (TPSA) is 15.6 Å². The fourth-order valence-corrected chi connectivity index (χ4v) is 1.15. The first-order valence-corrected chi connectivity index (χ1v) is 5.48. The number of hydrogen-bond donors (Lipinski definition) is 0. The number of nitrogens with zero attached hydrogens (tertiary/aromatic N) is 2. The highest BCUT2D eigenvalue weighted by molar-refractivity contribution is 5.78. The molecule has 16 heavy (non-hydrogen) atoms. The van der Waals surface area contributed by atoms with Crippen molar-refractivity contribution in [3.05, 3.63) is 48.2 Å². The van der Waals surface area contributed by atoms with Gasteiger partial charge in [-0.2, -0.15) is 0 Å². The van der Waals surface area contributed by atoms with E-state index in [-0.39, 0.29) is 0 Å². The second-order valence-corrected chi connectivity index (χ2v) is 3.42. The largest absolute Gasteiger partial charge is 0.376 e. The summed E-state index contributed by atoms with van der Waals surface area (Å²) >= 11 is 0. The van der Waals surface area contributed by atoms with Crippen LogP contribution in [0.2, 0.25) is 0 Å². The Morgan fingerprint density at radius 2 is 1.81 bits per heavy atom. The van der Waals surface area contributed by atoms with Crippen LogP contribution in [0, 0.1) is 0 Å². The van der Waals surface area contributed by atoms with Crippen molar-refractivity contribution in [2.45, 2.75) is 13.8 Å². The molecule has 88 valence electrons. The Labute approximate surface area is 99.4 Å². The zero-order valence-electron chi connectivity index (χ0n) is 10.7. The maximum absolute atomic E-state index is 4.01. The summed E-state index contributed by atoms with van der Waals surface area (Å²) in [5, 5.41) is 0. The third kappa shape index (κ3) is 7.80. The van der Waals surface area contributed by atoms with E-state index in [9.17, 15) is 0 Å². The first kappa shape index (κ1) is 14.4. The average molecular weight is 218 g/mol. The number of likely N-dealkylation sites (N-methyl/N-ethyl adjacent to an activating group) is 1. The zero-order valence-corrected chi connectivity index (χ0v) is 10.7. The van der Waals surface area contributed by atoms with Gasteiger partial charge in [-0.15, -0.1) is 0 Å². The smallest absolute Gasteiger partial charge is 0.0432 e. The van der Waals surface area contributed by atoms with Crippen molar-refractivity contribution in [1.29, 1.82) is 0 Å². The molecule has 2 heteroatoms. The summed E-state index contributed by atoms with van der Waals surface area (Å²) in [6.45, 7) is 4.91. The molecule has 0 fully saturated rings. The minimum absolute atomic E-state index is 0.877. The molecule has 0 heterocycles. The second-order valence-electron chi connectivity index (χ2n) is 3.42. The zero-order chi connectivity index (χ0) is 12.2. The van der Waals surface area contributed by atoms with E-state index < -0.39 is 0 Å². The number of allylic oxidation sites excluding steroid dienone is 6. The summed E-state index contributed by atoms with van der Waals surface area (Å²) in [7, 11) is 3.84. The molecule has 0 aromatic rings. The third-order valence-corrected chi connectivity index (χ3v) is 1.96. The van der Waals surface area contributed by atoms with E-state index in [1.54, 1.807) is 7.05 Å². The first-order chi connectivity index (χ1) is 7.74. The van der Waals surface area contributed by atoms with Gasteiger partial charge in [0.2, 0.25) is 0 Å². The molecule has 0 rings (SSSR count). The van der Waals surface area contributed by atoms with Crippen LogP contribution >= 0.6 is 0 Å². The van der Waals surface area contributed by atoms with Crippen LogP contribution in [-0.2, 0) is 0 Å². The quantitative estimate of drug-likeness (QED) is 0.494. The molecule has 0 radical (unpaired) electrons. The minimum Gasteiger partial charge on any atom is -0.376 e. The highest BCUT2D eigenvalue weighted by Crippen LogP contribution is 1.95. The Morgan fingerprint density at radius 3 is 2.38 bits per heavy atom. The summed E-state index contributed by atoms with van der Waals surface area (Å²) in [4.78, 5) is 6.14. The van der Waals surface area contributed by atoms with Crippen molar-refractivity contribution in [3.63, 3.8) is 0 Å². The highest BCUT2D eigenvalue weighted by atomic mass is 15.1. The molecule has 0 aliphatic rings. The summed E-state index contributed by atoms with van der Waals surface area (Å²) in [5.41, 5.74) is 1.21. The van der Waals surface area contributed by atoms with Crippen molar-refractivity contribution < 1.29 is 0 Å². The van der Waals surface area contributed by atoms with Gasteiger partial charge in [-0.05, 0) is 31.7 Å².